The van der Waals surface area contributed by atoms with Crippen LogP contribution >= 0.6 is 0 Å². The molecule has 1 N–H and O–H groups in total. The Labute approximate surface area is 130 Å². The van der Waals surface area contributed by atoms with Crippen LogP contribution in [-0.2, 0) is 9.53 Å². The number of hydrogen-bond donors (Lipinski definition) is 1. The van der Waals surface area contributed by atoms with E-state index in [1.54, 1.807) is 12.1 Å². The van der Waals surface area contributed by atoms with Crippen LogP contribution in [0.2, 0.25) is 0 Å². The number of hydrogen-bond acceptors (Lipinski definition) is 4. The molecule has 0 bridgehead atoms. The fourth-order valence-corrected chi connectivity index (χ4v) is 2.85. The lowest BCUT2D eigenvalue weighted by Crippen LogP contribution is -2.46. The minimum atomic E-state index is -0.788. The number of nitrogens with zero attached hydrogens (tertiary/aromatic N) is 1. The minimum absolute atomic E-state index is 0.366. The van der Waals surface area contributed by atoms with Gasteiger partial charge < -0.3 is 10.1 Å². The molecule has 0 spiro atoms. The molecule has 1 amide bonds. The van der Waals surface area contributed by atoms with Crippen LogP contribution in [0.25, 0.3) is 0 Å². The zero-order valence-corrected chi connectivity index (χ0v) is 12.9. The largest absolute Gasteiger partial charge is 0.452 e. The number of benzene rings is 1. The van der Waals surface area contributed by atoms with E-state index >= 15 is 0 Å². The molecule has 0 heterocycles. The second-order valence-electron chi connectivity index (χ2n) is 5.90. The summed E-state index contributed by atoms with van der Waals surface area (Å²) in [6, 6.07) is 7.58. The van der Waals surface area contributed by atoms with Crippen molar-refractivity contribution in [3.05, 3.63) is 34.9 Å². The van der Waals surface area contributed by atoms with Crippen molar-refractivity contribution in [3.8, 4) is 6.07 Å². The molecule has 5 nitrogen and oxygen atoms in total. The van der Waals surface area contributed by atoms with Gasteiger partial charge in [-0.1, -0.05) is 17.2 Å². The Kier molecular flexibility index (Phi) is 4.81. The van der Waals surface area contributed by atoms with Crippen molar-refractivity contribution >= 4 is 11.9 Å². The van der Waals surface area contributed by atoms with Crippen LogP contribution in [0.1, 0.15) is 47.2 Å². The van der Waals surface area contributed by atoms with E-state index in [0.29, 0.717) is 18.4 Å². The number of carbonyl (C=O) groups is 2. The van der Waals surface area contributed by atoms with Crippen molar-refractivity contribution in [1.82, 2.24) is 5.32 Å². The van der Waals surface area contributed by atoms with Gasteiger partial charge in [-0.2, -0.15) is 5.26 Å². The number of carbonyl (C=O) groups excluding carboxylic acids is 2. The van der Waals surface area contributed by atoms with Gasteiger partial charge in [0.25, 0.3) is 5.91 Å². The van der Waals surface area contributed by atoms with Crippen LogP contribution in [-0.4, -0.2) is 24.0 Å². The van der Waals surface area contributed by atoms with Gasteiger partial charge in [0.05, 0.1) is 11.6 Å². The summed E-state index contributed by atoms with van der Waals surface area (Å²) in [5, 5.41) is 11.9. The Morgan fingerprint density at radius 1 is 1.23 bits per heavy atom. The Hall–Kier alpha value is -2.35. The summed E-state index contributed by atoms with van der Waals surface area (Å²) in [5.74, 6) is -0.958. The first-order valence-electron chi connectivity index (χ1n) is 7.42. The van der Waals surface area contributed by atoms with Crippen LogP contribution < -0.4 is 5.32 Å². The molecule has 22 heavy (non-hydrogen) atoms. The van der Waals surface area contributed by atoms with Crippen molar-refractivity contribution in [2.75, 3.05) is 6.61 Å². The van der Waals surface area contributed by atoms with E-state index in [4.69, 9.17) is 4.74 Å². The number of esters is 1. The molecule has 0 unspecified atom stereocenters. The molecule has 1 aliphatic carbocycles. The fraction of sp³-hybridized carbons (Fsp3) is 0.471. The maximum Gasteiger partial charge on any atom is 0.338 e. The van der Waals surface area contributed by atoms with Crippen molar-refractivity contribution in [1.29, 1.82) is 5.26 Å². The predicted molar refractivity (Wildman–Crippen MR) is 81.2 cm³/mol. The molecular formula is C17H20N2O3. The lowest BCUT2D eigenvalue weighted by Gasteiger charge is -2.21. The molecule has 0 radical (unpaired) electrons. The summed E-state index contributed by atoms with van der Waals surface area (Å²) >= 11 is 0. The van der Waals surface area contributed by atoms with E-state index in [0.717, 1.165) is 24.0 Å². The monoisotopic (exact) mass is 300 g/mol. The highest BCUT2D eigenvalue weighted by Gasteiger charge is 2.35. The van der Waals surface area contributed by atoms with E-state index in [2.05, 4.69) is 11.4 Å². The topological polar surface area (TPSA) is 79.2 Å². The molecule has 5 heteroatoms. The van der Waals surface area contributed by atoms with Crippen LogP contribution in [0.15, 0.2) is 18.2 Å². The van der Waals surface area contributed by atoms with Gasteiger partial charge in [0, 0.05) is 0 Å². The first kappa shape index (κ1) is 16.0. The molecule has 1 saturated carbocycles. The van der Waals surface area contributed by atoms with Gasteiger partial charge in [0.15, 0.2) is 6.61 Å². The standard InChI is InChI=1S/C17H20N2O3/c1-12-7-13(2)9-14(8-12)16(21)22-10-15(20)19-17(11-18)5-3-4-6-17/h7-9H,3-6,10H2,1-2H3,(H,19,20). The highest BCUT2D eigenvalue weighted by Crippen LogP contribution is 2.28. The zero-order chi connectivity index (χ0) is 16.2. The maximum absolute atomic E-state index is 12.0. The number of nitrogens with one attached hydrogen (secondary N) is 1. The molecule has 2 rings (SSSR count). The molecule has 1 aromatic carbocycles. The smallest absolute Gasteiger partial charge is 0.338 e. The van der Waals surface area contributed by atoms with E-state index in [1.165, 1.54) is 0 Å². The Balaban J connectivity index is 1.91. The van der Waals surface area contributed by atoms with Gasteiger partial charge in [0.2, 0.25) is 0 Å². The van der Waals surface area contributed by atoms with Crippen LogP contribution in [0.3, 0.4) is 0 Å². The number of aryl methyl sites for hydroxylation is 2. The Morgan fingerprint density at radius 2 is 1.82 bits per heavy atom. The number of nitriles is 1. The SMILES string of the molecule is Cc1cc(C)cc(C(=O)OCC(=O)NC2(C#N)CCCC2)c1. The third kappa shape index (κ3) is 3.85. The third-order valence-electron chi connectivity index (χ3n) is 3.84. The van der Waals surface area contributed by atoms with Crippen LogP contribution in [0.4, 0.5) is 0 Å². The van der Waals surface area contributed by atoms with Gasteiger partial charge in [-0.05, 0) is 51.7 Å². The first-order valence-corrected chi connectivity index (χ1v) is 7.42. The molecule has 0 aromatic heterocycles. The normalized spacial score (nSPS) is 15.9. The molecule has 1 fully saturated rings. The van der Waals surface area contributed by atoms with Crippen molar-refractivity contribution in [2.24, 2.45) is 0 Å². The van der Waals surface area contributed by atoms with Crippen molar-refractivity contribution in [3.63, 3.8) is 0 Å². The van der Waals surface area contributed by atoms with Gasteiger partial charge in [-0.3, -0.25) is 4.79 Å². The van der Waals surface area contributed by atoms with Gasteiger partial charge in [-0.15, -0.1) is 0 Å². The number of ether oxygens (including phenoxy) is 1. The molecule has 116 valence electrons. The average Bonchev–Trinajstić information content (AvgIpc) is 2.92. The number of amides is 1. The summed E-state index contributed by atoms with van der Waals surface area (Å²) in [4.78, 5) is 23.9. The van der Waals surface area contributed by atoms with Gasteiger partial charge in [0.1, 0.15) is 5.54 Å². The quantitative estimate of drug-likeness (QED) is 0.866. The van der Waals surface area contributed by atoms with E-state index in [-0.39, 0.29) is 6.61 Å². The fourth-order valence-electron chi connectivity index (χ4n) is 2.85. The summed E-state index contributed by atoms with van der Waals surface area (Å²) in [6.45, 7) is 3.43. The summed E-state index contributed by atoms with van der Waals surface area (Å²) in [6.07, 6.45) is 3.16. The highest BCUT2D eigenvalue weighted by molar-refractivity contribution is 5.91. The summed E-state index contributed by atoms with van der Waals surface area (Å²) in [5.41, 5.74) is 1.57. The molecule has 1 aliphatic rings. The van der Waals surface area contributed by atoms with E-state index < -0.39 is 17.4 Å². The van der Waals surface area contributed by atoms with Gasteiger partial charge in [-0.25, -0.2) is 4.79 Å². The lowest BCUT2D eigenvalue weighted by molar-refractivity contribution is -0.125. The minimum Gasteiger partial charge on any atom is -0.452 e. The third-order valence-corrected chi connectivity index (χ3v) is 3.84. The molecule has 1 aromatic rings. The van der Waals surface area contributed by atoms with Crippen molar-refractivity contribution < 1.29 is 14.3 Å². The molecule has 0 atom stereocenters. The summed E-state index contributed by atoms with van der Waals surface area (Å²) < 4.78 is 5.04. The van der Waals surface area contributed by atoms with Crippen LogP contribution in [0, 0.1) is 25.2 Å². The molecule has 0 saturated heterocycles. The molecule has 0 aliphatic heterocycles. The van der Waals surface area contributed by atoms with E-state index in [1.807, 2.05) is 19.9 Å². The Morgan fingerprint density at radius 3 is 2.36 bits per heavy atom. The molecular weight excluding hydrogens is 280 g/mol. The average molecular weight is 300 g/mol. The lowest BCUT2D eigenvalue weighted by atomic mass is 10.00. The maximum atomic E-state index is 12.0. The Bertz CT molecular complexity index is 605. The second kappa shape index (κ2) is 6.61. The predicted octanol–water partition coefficient (Wildman–Crippen LogP) is 2.41. The summed E-state index contributed by atoms with van der Waals surface area (Å²) in [7, 11) is 0. The zero-order valence-electron chi connectivity index (χ0n) is 12.9. The van der Waals surface area contributed by atoms with Crippen LogP contribution in [0.5, 0.6) is 0 Å². The van der Waals surface area contributed by atoms with Gasteiger partial charge >= 0.3 is 5.97 Å². The van der Waals surface area contributed by atoms with E-state index in [9.17, 15) is 14.9 Å². The number of rotatable bonds is 4. The first-order chi connectivity index (χ1) is 10.4. The highest BCUT2D eigenvalue weighted by atomic mass is 16.5. The second-order valence-corrected chi connectivity index (χ2v) is 5.90. The van der Waals surface area contributed by atoms with Crippen molar-refractivity contribution in [2.45, 2.75) is 45.1 Å².